The number of amides is 2. The highest BCUT2D eigenvalue weighted by molar-refractivity contribution is 7.12. The second-order valence-electron chi connectivity index (χ2n) is 5.39. The lowest BCUT2D eigenvalue weighted by Gasteiger charge is -2.32. The van der Waals surface area contributed by atoms with Crippen molar-refractivity contribution in [1.29, 1.82) is 0 Å². The van der Waals surface area contributed by atoms with Crippen LogP contribution >= 0.6 is 22.9 Å². The Kier molecular flexibility index (Phi) is 4.93. The smallest absolute Gasteiger partial charge is 0.261 e. The zero-order chi connectivity index (χ0) is 16.2. The van der Waals surface area contributed by atoms with Gasteiger partial charge >= 0.3 is 0 Å². The van der Waals surface area contributed by atoms with Crippen molar-refractivity contribution in [3.63, 3.8) is 0 Å². The lowest BCUT2D eigenvalue weighted by Crippen LogP contribution is -2.46. The molecular formula is C16H16ClN3O2S. The Morgan fingerprint density at radius 2 is 2.04 bits per heavy atom. The molecule has 3 rings (SSSR count). The molecule has 0 aliphatic carbocycles. The van der Waals surface area contributed by atoms with Gasteiger partial charge in [-0.25, -0.2) is 4.98 Å². The summed E-state index contributed by atoms with van der Waals surface area (Å²) in [6.07, 6.45) is 3.00. The number of piperidine rings is 1. The fraction of sp³-hybridized carbons (Fsp3) is 0.312. The van der Waals surface area contributed by atoms with Gasteiger partial charge in [0, 0.05) is 25.3 Å². The van der Waals surface area contributed by atoms with Crippen LogP contribution in [0.25, 0.3) is 0 Å². The second-order valence-corrected chi connectivity index (χ2v) is 6.72. The first-order valence-corrected chi connectivity index (χ1v) is 8.64. The molecule has 23 heavy (non-hydrogen) atoms. The molecule has 0 atom stereocenters. The maximum Gasteiger partial charge on any atom is 0.261 e. The van der Waals surface area contributed by atoms with Crippen molar-refractivity contribution in [2.75, 3.05) is 13.1 Å². The molecule has 0 radical (unpaired) electrons. The van der Waals surface area contributed by atoms with E-state index in [1.165, 1.54) is 17.5 Å². The number of carbonyl (C=O) groups excluding carboxylic acids is 2. The van der Waals surface area contributed by atoms with Crippen LogP contribution in [-0.2, 0) is 0 Å². The Bertz CT molecular complexity index is 680. The average molecular weight is 350 g/mol. The normalized spacial score (nSPS) is 15.4. The summed E-state index contributed by atoms with van der Waals surface area (Å²) < 4.78 is 0. The van der Waals surface area contributed by atoms with Crippen LogP contribution < -0.4 is 5.32 Å². The summed E-state index contributed by atoms with van der Waals surface area (Å²) >= 11 is 7.17. The van der Waals surface area contributed by atoms with Gasteiger partial charge in [0.05, 0.1) is 10.4 Å². The molecule has 120 valence electrons. The molecule has 5 nitrogen and oxygen atoms in total. The third-order valence-electron chi connectivity index (χ3n) is 3.84. The van der Waals surface area contributed by atoms with Gasteiger partial charge in [-0.2, -0.15) is 0 Å². The Labute approximate surface area is 143 Å². The Morgan fingerprint density at radius 3 is 2.65 bits per heavy atom. The van der Waals surface area contributed by atoms with Crippen molar-refractivity contribution in [3.8, 4) is 0 Å². The van der Waals surface area contributed by atoms with Crippen LogP contribution in [0.15, 0.2) is 35.8 Å². The van der Waals surface area contributed by atoms with Crippen molar-refractivity contribution in [1.82, 2.24) is 15.2 Å². The summed E-state index contributed by atoms with van der Waals surface area (Å²) in [5.74, 6) is -0.0797. The van der Waals surface area contributed by atoms with Crippen LogP contribution in [0, 0.1) is 0 Å². The zero-order valence-corrected chi connectivity index (χ0v) is 13.9. The average Bonchev–Trinajstić information content (AvgIpc) is 3.10. The minimum atomic E-state index is -0.0443. The molecule has 2 aromatic heterocycles. The van der Waals surface area contributed by atoms with Gasteiger partial charge in [0.15, 0.2) is 0 Å². The molecule has 3 heterocycles. The number of rotatable bonds is 3. The SMILES string of the molecule is O=C(NC1CCN(C(=O)c2ccc(Cl)nc2)CC1)c1cccs1. The number of likely N-dealkylation sites (tertiary alicyclic amines) is 1. The third kappa shape index (κ3) is 3.89. The summed E-state index contributed by atoms with van der Waals surface area (Å²) in [5, 5.41) is 5.29. The van der Waals surface area contributed by atoms with Crippen molar-refractivity contribution in [2.24, 2.45) is 0 Å². The number of nitrogens with one attached hydrogen (secondary N) is 1. The largest absolute Gasteiger partial charge is 0.348 e. The summed E-state index contributed by atoms with van der Waals surface area (Å²) in [6, 6.07) is 7.08. The van der Waals surface area contributed by atoms with Crippen molar-refractivity contribution in [3.05, 3.63) is 51.4 Å². The van der Waals surface area contributed by atoms with E-state index in [2.05, 4.69) is 10.3 Å². The molecule has 7 heteroatoms. The molecule has 1 saturated heterocycles. The minimum Gasteiger partial charge on any atom is -0.348 e. The molecule has 2 aromatic rings. The van der Waals surface area contributed by atoms with Crippen LogP contribution in [0.4, 0.5) is 0 Å². The summed E-state index contributed by atoms with van der Waals surface area (Å²) in [4.78, 5) is 30.9. The van der Waals surface area contributed by atoms with E-state index in [0.717, 1.165) is 17.7 Å². The maximum atomic E-state index is 12.4. The van der Waals surface area contributed by atoms with Gasteiger partial charge < -0.3 is 10.2 Å². The molecule has 0 unspecified atom stereocenters. The van der Waals surface area contributed by atoms with Gasteiger partial charge in [-0.3, -0.25) is 9.59 Å². The first kappa shape index (κ1) is 16.0. The van der Waals surface area contributed by atoms with E-state index in [1.54, 1.807) is 17.0 Å². The van der Waals surface area contributed by atoms with Crippen LogP contribution in [-0.4, -0.2) is 40.8 Å². The molecule has 0 bridgehead atoms. The number of nitrogens with zero attached hydrogens (tertiary/aromatic N) is 2. The van der Waals surface area contributed by atoms with Gasteiger partial charge in [-0.05, 0) is 36.4 Å². The molecule has 0 aromatic carbocycles. The predicted molar refractivity (Wildman–Crippen MR) is 90.0 cm³/mol. The number of thiophene rings is 1. The highest BCUT2D eigenvalue weighted by Crippen LogP contribution is 2.16. The minimum absolute atomic E-state index is 0.0355. The van der Waals surface area contributed by atoms with E-state index in [9.17, 15) is 9.59 Å². The molecule has 1 aliphatic rings. The summed E-state index contributed by atoms with van der Waals surface area (Å²) in [6.45, 7) is 1.24. The van der Waals surface area contributed by atoms with E-state index in [0.29, 0.717) is 23.8 Å². The first-order valence-electron chi connectivity index (χ1n) is 7.38. The fourth-order valence-corrected chi connectivity index (χ4v) is 3.31. The van der Waals surface area contributed by atoms with E-state index in [-0.39, 0.29) is 17.9 Å². The predicted octanol–water partition coefficient (Wildman–Crippen LogP) is 2.83. The highest BCUT2D eigenvalue weighted by atomic mass is 35.5. The van der Waals surface area contributed by atoms with Gasteiger partial charge in [0.25, 0.3) is 11.8 Å². The number of aromatic nitrogens is 1. The molecule has 1 aliphatic heterocycles. The first-order chi connectivity index (χ1) is 11.1. The van der Waals surface area contributed by atoms with Crippen molar-refractivity contribution < 1.29 is 9.59 Å². The van der Waals surface area contributed by atoms with Crippen LogP contribution in [0.5, 0.6) is 0 Å². The highest BCUT2D eigenvalue weighted by Gasteiger charge is 2.25. The van der Waals surface area contributed by atoms with Gasteiger partial charge in [0.2, 0.25) is 0 Å². The van der Waals surface area contributed by atoms with Gasteiger partial charge in [-0.15, -0.1) is 11.3 Å². The molecule has 1 fully saturated rings. The molecule has 2 amide bonds. The number of pyridine rings is 1. The zero-order valence-electron chi connectivity index (χ0n) is 12.4. The molecule has 1 N–H and O–H groups in total. The second kappa shape index (κ2) is 7.10. The van der Waals surface area contributed by atoms with Crippen LogP contribution in [0.3, 0.4) is 0 Å². The quantitative estimate of drug-likeness (QED) is 0.867. The maximum absolute atomic E-state index is 12.4. The Balaban J connectivity index is 1.53. The van der Waals surface area contributed by atoms with E-state index in [4.69, 9.17) is 11.6 Å². The number of hydrogen-bond acceptors (Lipinski definition) is 4. The molecule has 0 spiro atoms. The van der Waals surface area contributed by atoms with E-state index in [1.807, 2.05) is 17.5 Å². The summed E-state index contributed by atoms with van der Waals surface area (Å²) in [7, 11) is 0. The Hall–Kier alpha value is -1.92. The lowest BCUT2D eigenvalue weighted by molar-refractivity contribution is 0.0698. The lowest BCUT2D eigenvalue weighted by atomic mass is 10.0. The monoisotopic (exact) mass is 349 g/mol. The topological polar surface area (TPSA) is 62.3 Å². The number of hydrogen-bond donors (Lipinski definition) is 1. The van der Waals surface area contributed by atoms with E-state index < -0.39 is 0 Å². The van der Waals surface area contributed by atoms with Crippen molar-refractivity contribution >= 4 is 34.8 Å². The fourth-order valence-electron chi connectivity index (χ4n) is 2.58. The van der Waals surface area contributed by atoms with Gasteiger partial charge in [-0.1, -0.05) is 17.7 Å². The van der Waals surface area contributed by atoms with E-state index >= 15 is 0 Å². The van der Waals surface area contributed by atoms with Crippen LogP contribution in [0.1, 0.15) is 32.9 Å². The third-order valence-corrected chi connectivity index (χ3v) is 4.93. The molecular weight excluding hydrogens is 334 g/mol. The number of halogens is 1. The van der Waals surface area contributed by atoms with Crippen LogP contribution in [0.2, 0.25) is 5.15 Å². The van der Waals surface area contributed by atoms with Crippen molar-refractivity contribution in [2.45, 2.75) is 18.9 Å². The standard InChI is InChI=1S/C16H16ClN3O2S/c17-14-4-3-11(10-18-14)16(22)20-7-5-12(6-8-20)19-15(21)13-2-1-9-23-13/h1-4,9-10,12H,5-8H2,(H,19,21). The molecule has 0 saturated carbocycles. The Morgan fingerprint density at radius 1 is 1.26 bits per heavy atom. The van der Waals surface area contributed by atoms with Gasteiger partial charge in [0.1, 0.15) is 5.15 Å². The number of carbonyl (C=O) groups is 2. The summed E-state index contributed by atoms with van der Waals surface area (Å²) in [5.41, 5.74) is 0.537.